The van der Waals surface area contributed by atoms with Gasteiger partial charge < -0.3 is 10.5 Å². The molecule has 1 atom stereocenters. The first kappa shape index (κ1) is 17.6. The average molecular weight is 354 g/mol. The van der Waals surface area contributed by atoms with E-state index in [1.54, 1.807) is 12.3 Å². The van der Waals surface area contributed by atoms with Crippen LogP contribution in [0.4, 0.5) is 0 Å². The standard InChI is InChI=1S/C15H18N2O4S2/c1-10-9-22-13(15(18)21-2)14(10)23(19,20)17-8-12(16)11-6-4-3-5-7-11/h3-7,9,12,17H,8,16H2,1-2H3. The van der Waals surface area contributed by atoms with E-state index in [1.807, 2.05) is 30.3 Å². The van der Waals surface area contributed by atoms with Crippen LogP contribution in [-0.2, 0) is 14.8 Å². The maximum Gasteiger partial charge on any atom is 0.349 e. The number of esters is 1. The summed E-state index contributed by atoms with van der Waals surface area (Å²) >= 11 is 1.04. The number of hydrogen-bond acceptors (Lipinski definition) is 6. The Kier molecular flexibility index (Phi) is 5.53. The van der Waals surface area contributed by atoms with Crippen LogP contribution in [-0.4, -0.2) is 28.0 Å². The van der Waals surface area contributed by atoms with E-state index in [1.165, 1.54) is 7.11 Å². The van der Waals surface area contributed by atoms with Gasteiger partial charge >= 0.3 is 5.97 Å². The molecule has 0 fully saturated rings. The normalized spacial score (nSPS) is 12.8. The summed E-state index contributed by atoms with van der Waals surface area (Å²) in [6.07, 6.45) is 0. The van der Waals surface area contributed by atoms with Gasteiger partial charge in [-0.2, -0.15) is 0 Å². The molecule has 1 heterocycles. The number of nitrogens with two attached hydrogens (primary N) is 1. The van der Waals surface area contributed by atoms with Crippen molar-refractivity contribution < 1.29 is 17.9 Å². The Hall–Kier alpha value is -1.74. The third-order valence-corrected chi connectivity index (χ3v) is 6.10. The molecule has 0 aliphatic rings. The van der Waals surface area contributed by atoms with Gasteiger partial charge in [-0.3, -0.25) is 0 Å². The van der Waals surface area contributed by atoms with Crippen molar-refractivity contribution in [3.8, 4) is 0 Å². The first-order valence-electron chi connectivity index (χ1n) is 6.83. The second-order valence-corrected chi connectivity index (χ2v) is 7.52. The van der Waals surface area contributed by atoms with Crippen LogP contribution >= 0.6 is 11.3 Å². The fourth-order valence-corrected chi connectivity index (χ4v) is 4.85. The highest BCUT2D eigenvalue weighted by Gasteiger charge is 2.27. The SMILES string of the molecule is COC(=O)c1scc(C)c1S(=O)(=O)NCC(N)c1ccccc1. The number of ether oxygens (including phenoxy) is 1. The van der Waals surface area contributed by atoms with Gasteiger partial charge in [-0.25, -0.2) is 17.9 Å². The molecule has 1 aromatic heterocycles. The van der Waals surface area contributed by atoms with Gasteiger partial charge in [-0.05, 0) is 23.4 Å². The van der Waals surface area contributed by atoms with E-state index < -0.39 is 22.0 Å². The maximum atomic E-state index is 12.5. The molecule has 2 aromatic rings. The lowest BCUT2D eigenvalue weighted by Crippen LogP contribution is -2.32. The highest BCUT2D eigenvalue weighted by molar-refractivity contribution is 7.89. The van der Waals surface area contributed by atoms with Crippen molar-refractivity contribution in [2.24, 2.45) is 5.73 Å². The minimum Gasteiger partial charge on any atom is -0.465 e. The summed E-state index contributed by atoms with van der Waals surface area (Å²) in [4.78, 5) is 11.7. The second-order valence-electron chi connectivity index (χ2n) is 4.94. The third-order valence-electron chi connectivity index (χ3n) is 3.28. The highest BCUT2D eigenvalue weighted by Crippen LogP contribution is 2.27. The Morgan fingerprint density at radius 3 is 2.61 bits per heavy atom. The fourth-order valence-electron chi connectivity index (χ4n) is 2.09. The molecule has 0 spiro atoms. The van der Waals surface area contributed by atoms with Crippen molar-refractivity contribution in [2.75, 3.05) is 13.7 Å². The van der Waals surface area contributed by atoms with E-state index in [4.69, 9.17) is 5.73 Å². The number of thiophene rings is 1. The van der Waals surface area contributed by atoms with Gasteiger partial charge in [0.1, 0.15) is 9.77 Å². The van der Waals surface area contributed by atoms with Gasteiger partial charge in [-0.1, -0.05) is 30.3 Å². The van der Waals surface area contributed by atoms with E-state index in [-0.39, 0.29) is 16.3 Å². The molecule has 0 saturated carbocycles. The predicted octanol–water partition coefficient (Wildman–Crippen LogP) is 1.82. The topological polar surface area (TPSA) is 98.5 Å². The molecule has 1 unspecified atom stereocenters. The molecule has 1 aromatic carbocycles. The van der Waals surface area contributed by atoms with E-state index in [9.17, 15) is 13.2 Å². The molecule has 8 heteroatoms. The third kappa shape index (κ3) is 3.97. The molecule has 6 nitrogen and oxygen atoms in total. The van der Waals surface area contributed by atoms with Gasteiger partial charge in [0.25, 0.3) is 0 Å². The van der Waals surface area contributed by atoms with Crippen molar-refractivity contribution in [3.63, 3.8) is 0 Å². The van der Waals surface area contributed by atoms with Crippen LogP contribution in [0.3, 0.4) is 0 Å². The minimum atomic E-state index is -3.86. The van der Waals surface area contributed by atoms with Crippen molar-refractivity contribution >= 4 is 27.3 Å². The van der Waals surface area contributed by atoms with Gasteiger partial charge in [0.05, 0.1) is 7.11 Å². The monoisotopic (exact) mass is 354 g/mol. The molecular weight excluding hydrogens is 336 g/mol. The number of rotatable bonds is 6. The van der Waals surface area contributed by atoms with Crippen LogP contribution in [0.25, 0.3) is 0 Å². The Balaban J connectivity index is 2.20. The van der Waals surface area contributed by atoms with Crippen molar-refractivity contribution in [3.05, 3.63) is 51.7 Å². The van der Waals surface area contributed by atoms with Crippen LogP contribution < -0.4 is 10.5 Å². The number of carbonyl (C=O) groups excluding carboxylic acids is 1. The highest BCUT2D eigenvalue weighted by atomic mass is 32.2. The van der Waals surface area contributed by atoms with Gasteiger partial charge in [0.2, 0.25) is 10.0 Å². The summed E-state index contributed by atoms with van der Waals surface area (Å²) in [5, 5.41) is 1.61. The van der Waals surface area contributed by atoms with E-state index >= 15 is 0 Å². The van der Waals surface area contributed by atoms with E-state index in [0.29, 0.717) is 5.56 Å². The Morgan fingerprint density at radius 2 is 2.00 bits per heavy atom. The van der Waals surface area contributed by atoms with Crippen molar-refractivity contribution in [1.29, 1.82) is 0 Å². The quantitative estimate of drug-likeness (QED) is 0.771. The first-order chi connectivity index (χ1) is 10.9. The minimum absolute atomic E-state index is 0.0300. The number of nitrogens with one attached hydrogen (secondary N) is 1. The number of aryl methyl sites for hydroxylation is 1. The summed E-state index contributed by atoms with van der Waals surface area (Å²) in [7, 11) is -2.64. The molecule has 2 rings (SSSR count). The Morgan fingerprint density at radius 1 is 1.35 bits per heavy atom. The van der Waals surface area contributed by atoms with Crippen molar-refractivity contribution in [1.82, 2.24) is 4.72 Å². The summed E-state index contributed by atoms with van der Waals surface area (Å²) in [6.45, 7) is 1.66. The van der Waals surface area contributed by atoms with Crippen molar-refractivity contribution in [2.45, 2.75) is 17.9 Å². The fraction of sp³-hybridized carbons (Fsp3) is 0.267. The maximum absolute atomic E-state index is 12.5. The Bertz CT molecular complexity index is 785. The number of hydrogen-bond donors (Lipinski definition) is 2. The summed E-state index contributed by atoms with van der Waals surface area (Å²) < 4.78 is 32.1. The van der Waals surface area contributed by atoms with Gasteiger partial charge in [-0.15, -0.1) is 11.3 Å². The molecule has 0 saturated heterocycles. The van der Waals surface area contributed by atoms with Gasteiger partial charge in [0, 0.05) is 12.6 Å². The largest absolute Gasteiger partial charge is 0.465 e. The summed E-state index contributed by atoms with van der Waals surface area (Å²) in [5.74, 6) is -0.671. The zero-order valence-electron chi connectivity index (χ0n) is 12.8. The van der Waals surface area contributed by atoms with Crippen LogP contribution in [0.2, 0.25) is 0 Å². The molecule has 0 aliphatic heterocycles. The molecular formula is C15H18N2O4S2. The number of carbonyl (C=O) groups is 1. The lowest BCUT2D eigenvalue weighted by molar-refractivity contribution is 0.0602. The molecule has 3 N–H and O–H groups in total. The number of methoxy groups -OCH3 is 1. The molecule has 0 aliphatic carbocycles. The van der Waals surface area contributed by atoms with Gasteiger partial charge in [0.15, 0.2) is 0 Å². The molecule has 0 amide bonds. The van der Waals surface area contributed by atoms with Crippen LogP contribution in [0.1, 0.15) is 26.8 Å². The molecule has 0 bridgehead atoms. The molecule has 23 heavy (non-hydrogen) atoms. The number of sulfonamides is 1. The Labute approximate surface area is 139 Å². The van der Waals surface area contributed by atoms with Crippen LogP contribution in [0.5, 0.6) is 0 Å². The second kappa shape index (κ2) is 7.22. The predicted molar refractivity (Wildman–Crippen MR) is 89.0 cm³/mol. The lowest BCUT2D eigenvalue weighted by Gasteiger charge is -2.14. The average Bonchev–Trinajstić information content (AvgIpc) is 2.95. The summed E-state index contributed by atoms with van der Waals surface area (Å²) in [5.41, 5.74) is 7.32. The number of benzene rings is 1. The van der Waals surface area contributed by atoms with E-state index in [2.05, 4.69) is 9.46 Å². The zero-order valence-corrected chi connectivity index (χ0v) is 14.4. The lowest BCUT2D eigenvalue weighted by atomic mass is 10.1. The molecule has 0 radical (unpaired) electrons. The smallest absolute Gasteiger partial charge is 0.349 e. The van der Waals surface area contributed by atoms with E-state index in [0.717, 1.165) is 16.9 Å². The first-order valence-corrected chi connectivity index (χ1v) is 9.19. The molecule has 124 valence electrons. The van der Waals surface area contributed by atoms with Crippen LogP contribution in [0, 0.1) is 6.92 Å². The summed E-state index contributed by atoms with van der Waals surface area (Å²) in [6, 6.07) is 8.71. The van der Waals surface area contributed by atoms with Crippen LogP contribution in [0.15, 0.2) is 40.6 Å². The zero-order chi connectivity index (χ0) is 17.0.